The van der Waals surface area contributed by atoms with Crippen molar-refractivity contribution < 1.29 is 0 Å². The zero-order valence-electron chi connectivity index (χ0n) is 36.4. The number of pyridine rings is 1. The molecule has 2 heterocycles. The maximum atomic E-state index is 5.56. The van der Waals surface area contributed by atoms with Gasteiger partial charge in [0.1, 0.15) is 5.69 Å². The molecule has 2 aromatic heterocycles. The largest absolute Gasteiger partial charge is 0.309 e. The third-order valence-electron chi connectivity index (χ3n) is 13.4. The number of fused-ring (bicyclic) bond motifs is 6. The highest BCUT2D eigenvalue weighted by Gasteiger charge is 2.38. The molecule has 3 heteroatoms. The molecule has 0 fully saturated rings. The normalized spacial score (nSPS) is 12.6. The Morgan fingerprint density at radius 3 is 1.52 bits per heavy atom. The van der Waals surface area contributed by atoms with Crippen LogP contribution in [0.5, 0.6) is 0 Å². The Balaban J connectivity index is 1.24. The molecule has 308 valence electrons. The summed E-state index contributed by atoms with van der Waals surface area (Å²) < 4.78 is 2.19. The van der Waals surface area contributed by atoms with Crippen LogP contribution in [0.3, 0.4) is 0 Å². The fourth-order valence-electron chi connectivity index (χ4n) is 10.3. The Labute approximate surface area is 380 Å². The fourth-order valence-corrected chi connectivity index (χ4v) is 10.3. The highest BCUT2D eigenvalue weighted by molar-refractivity contribution is 6.14. The average molecular weight is 832 g/mol. The van der Waals surface area contributed by atoms with Crippen molar-refractivity contribution in [2.45, 2.75) is 19.3 Å². The Morgan fingerprint density at radius 1 is 0.385 bits per heavy atom. The van der Waals surface area contributed by atoms with E-state index in [9.17, 15) is 0 Å². The number of anilines is 3. The molecular formula is C62H45N3. The van der Waals surface area contributed by atoms with Crippen molar-refractivity contribution in [1.82, 2.24) is 9.61 Å². The molecule has 0 unspecified atom stereocenters. The molecule has 0 aliphatic heterocycles. The van der Waals surface area contributed by atoms with E-state index in [1.54, 1.807) is 0 Å². The minimum absolute atomic E-state index is 0.184. The lowest BCUT2D eigenvalue weighted by atomic mass is 9.82. The standard InChI is InChI=1S/C62H45N3/c1-62(2)53-34-19-18-32-51(53)59-54(62)35-21-37-56(59)64(49-39-47(42-22-8-3-9-23-42)38-48(40-49)43-24-10-4-11-25-43)55-36-20-33-50-52(55)41-57(44-26-12-5-13-27-44)65-61(50)58(45-28-14-6-15-29-45)60(63-65)46-30-16-7-17-31-46/h3-41H,1-2H3. The van der Waals surface area contributed by atoms with Crippen LogP contribution in [0, 0.1) is 0 Å². The van der Waals surface area contributed by atoms with Gasteiger partial charge in [-0.1, -0.05) is 214 Å². The molecule has 65 heavy (non-hydrogen) atoms. The van der Waals surface area contributed by atoms with Crippen LogP contribution in [0.15, 0.2) is 237 Å². The molecule has 0 amide bonds. The van der Waals surface area contributed by atoms with Crippen molar-refractivity contribution in [2.75, 3.05) is 4.90 Å². The molecule has 0 N–H and O–H groups in total. The van der Waals surface area contributed by atoms with E-state index in [0.717, 1.165) is 78.1 Å². The Morgan fingerprint density at radius 2 is 0.892 bits per heavy atom. The molecule has 3 nitrogen and oxygen atoms in total. The number of benzene rings is 9. The lowest BCUT2D eigenvalue weighted by molar-refractivity contribution is 0.660. The van der Waals surface area contributed by atoms with E-state index < -0.39 is 0 Å². The van der Waals surface area contributed by atoms with Crippen LogP contribution in [0.4, 0.5) is 17.1 Å². The first kappa shape index (κ1) is 38.4. The van der Waals surface area contributed by atoms with Crippen LogP contribution in [-0.4, -0.2) is 9.61 Å². The first-order valence-electron chi connectivity index (χ1n) is 22.5. The van der Waals surface area contributed by atoms with Gasteiger partial charge in [-0.25, -0.2) is 4.52 Å². The first-order valence-corrected chi connectivity index (χ1v) is 22.5. The van der Waals surface area contributed by atoms with Crippen molar-refractivity contribution in [3.05, 3.63) is 248 Å². The van der Waals surface area contributed by atoms with Crippen molar-refractivity contribution in [2.24, 2.45) is 0 Å². The van der Waals surface area contributed by atoms with Gasteiger partial charge >= 0.3 is 0 Å². The summed E-state index contributed by atoms with van der Waals surface area (Å²) in [5, 5.41) is 7.81. The summed E-state index contributed by atoms with van der Waals surface area (Å²) in [5.74, 6) is 0. The summed E-state index contributed by atoms with van der Waals surface area (Å²) >= 11 is 0. The summed E-state index contributed by atoms with van der Waals surface area (Å²) in [6.45, 7) is 4.73. The van der Waals surface area contributed by atoms with Gasteiger partial charge in [0.2, 0.25) is 0 Å². The molecule has 1 aliphatic rings. The molecule has 0 radical (unpaired) electrons. The van der Waals surface area contributed by atoms with Gasteiger partial charge in [-0.05, 0) is 80.9 Å². The SMILES string of the molecule is CC1(C)c2ccccc2-c2c(N(c3cc(-c4ccccc4)cc(-c4ccccc4)c3)c3cccc4c3cc(-c3ccccc3)n3nc(-c5ccccc5)c(-c5ccccc5)c43)cccc21. The molecule has 12 rings (SSSR count). The van der Waals surface area contributed by atoms with Crippen LogP contribution in [0.1, 0.15) is 25.0 Å². The summed E-state index contributed by atoms with van der Waals surface area (Å²) in [7, 11) is 0. The Hall–Kier alpha value is -8.27. The van der Waals surface area contributed by atoms with Gasteiger partial charge in [-0.3, -0.25) is 0 Å². The summed E-state index contributed by atoms with van der Waals surface area (Å²) in [5.41, 5.74) is 20.4. The lowest BCUT2D eigenvalue weighted by Crippen LogP contribution is -2.16. The van der Waals surface area contributed by atoms with Gasteiger partial charge in [-0.2, -0.15) is 5.10 Å². The maximum absolute atomic E-state index is 5.56. The van der Waals surface area contributed by atoms with Crippen molar-refractivity contribution in [1.29, 1.82) is 0 Å². The topological polar surface area (TPSA) is 20.5 Å². The van der Waals surface area contributed by atoms with Crippen LogP contribution in [0.2, 0.25) is 0 Å². The van der Waals surface area contributed by atoms with E-state index in [0.29, 0.717) is 0 Å². The third-order valence-corrected chi connectivity index (χ3v) is 13.4. The Bertz CT molecular complexity index is 3480. The quantitative estimate of drug-likeness (QED) is 0.152. The Kier molecular flexibility index (Phi) is 9.17. The third kappa shape index (κ3) is 6.39. The van der Waals surface area contributed by atoms with E-state index in [2.05, 4.69) is 260 Å². The van der Waals surface area contributed by atoms with Crippen LogP contribution in [0.25, 0.3) is 83.3 Å². The van der Waals surface area contributed by atoms with Crippen molar-refractivity contribution in [3.8, 4) is 67.0 Å². The molecular weight excluding hydrogens is 787 g/mol. The van der Waals surface area contributed by atoms with Gasteiger partial charge in [-0.15, -0.1) is 0 Å². The van der Waals surface area contributed by atoms with Gasteiger partial charge < -0.3 is 4.90 Å². The second-order valence-electron chi connectivity index (χ2n) is 17.6. The van der Waals surface area contributed by atoms with Gasteiger partial charge in [0.25, 0.3) is 0 Å². The predicted molar refractivity (Wildman–Crippen MR) is 272 cm³/mol. The van der Waals surface area contributed by atoms with E-state index in [4.69, 9.17) is 5.10 Å². The first-order chi connectivity index (χ1) is 32.0. The fraction of sp³-hybridized carbons (Fsp3) is 0.0484. The second-order valence-corrected chi connectivity index (χ2v) is 17.6. The molecule has 11 aromatic rings. The van der Waals surface area contributed by atoms with Crippen molar-refractivity contribution in [3.63, 3.8) is 0 Å². The minimum Gasteiger partial charge on any atom is -0.309 e. The van der Waals surface area contributed by atoms with E-state index in [1.165, 1.54) is 33.4 Å². The minimum atomic E-state index is -0.184. The predicted octanol–water partition coefficient (Wildman–Crippen LogP) is 16.6. The number of nitrogens with zero attached hydrogens (tertiary/aromatic N) is 3. The number of rotatable bonds is 8. The smallest absolute Gasteiger partial charge is 0.101 e. The molecule has 0 spiro atoms. The highest BCUT2D eigenvalue weighted by atomic mass is 15.2. The van der Waals surface area contributed by atoms with E-state index >= 15 is 0 Å². The van der Waals surface area contributed by atoms with Crippen LogP contribution < -0.4 is 4.90 Å². The molecule has 9 aromatic carbocycles. The zero-order chi connectivity index (χ0) is 43.5. The average Bonchev–Trinajstić information content (AvgIpc) is 3.89. The number of hydrogen-bond donors (Lipinski definition) is 0. The van der Waals surface area contributed by atoms with Crippen molar-refractivity contribution >= 4 is 33.4 Å². The zero-order valence-corrected chi connectivity index (χ0v) is 36.4. The molecule has 0 atom stereocenters. The molecule has 0 saturated heterocycles. The van der Waals surface area contributed by atoms with Gasteiger partial charge in [0, 0.05) is 44.1 Å². The highest BCUT2D eigenvalue weighted by Crippen LogP contribution is 2.55. The van der Waals surface area contributed by atoms with E-state index in [-0.39, 0.29) is 5.41 Å². The molecule has 1 aliphatic carbocycles. The lowest BCUT2D eigenvalue weighted by Gasteiger charge is -2.31. The number of hydrogen-bond acceptors (Lipinski definition) is 2. The summed E-state index contributed by atoms with van der Waals surface area (Å²) in [4.78, 5) is 2.54. The van der Waals surface area contributed by atoms with Gasteiger partial charge in [0.05, 0.1) is 22.6 Å². The second kappa shape index (κ2) is 15.5. The summed E-state index contributed by atoms with van der Waals surface area (Å²) in [6, 6.07) is 85.9. The molecule has 0 bridgehead atoms. The van der Waals surface area contributed by atoms with Gasteiger partial charge in [0.15, 0.2) is 0 Å². The van der Waals surface area contributed by atoms with Crippen LogP contribution in [-0.2, 0) is 5.41 Å². The monoisotopic (exact) mass is 831 g/mol. The summed E-state index contributed by atoms with van der Waals surface area (Å²) in [6.07, 6.45) is 0. The van der Waals surface area contributed by atoms with E-state index in [1.807, 2.05) is 0 Å². The van der Waals surface area contributed by atoms with Crippen LogP contribution >= 0.6 is 0 Å². The maximum Gasteiger partial charge on any atom is 0.101 e. The molecule has 0 saturated carbocycles. The number of aromatic nitrogens is 2.